The van der Waals surface area contributed by atoms with Crippen LogP contribution in [0.5, 0.6) is 17.2 Å². The summed E-state index contributed by atoms with van der Waals surface area (Å²) in [6.07, 6.45) is 1.37. The molecule has 3 N–H and O–H groups in total. The van der Waals surface area contributed by atoms with Crippen LogP contribution in [-0.4, -0.2) is 30.6 Å². The molecule has 0 saturated heterocycles. The third kappa shape index (κ3) is 6.34. The molecular weight excluding hydrogens is 441 g/mol. The molecule has 0 unspecified atom stereocenters. The average Bonchev–Trinajstić information content (AvgIpc) is 2.84. The molecule has 3 aromatic rings. The van der Waals surface area contributed by atoms with Crippen LogP contribution in [0.2, 0.25) is 0 Å². The van der Waals surface area contributed by atoms with Crippen LogP contribution in [0.3, 0.4) is 0 Å². The fourth-order valence-corrected chi connectivity index (χ4v) is 2.84. The molecule has 0 heterocycles. The van der Waals surface area contributed by atoms with E-state index in [2.05, 4.69) is 10.6 Å². The number of ether oxygens (including phenoxy) is 2. The van der Waals surface area contributed by atoms with Gasteiger partial charge in [0.1, 0.15) is 23.2 Å². The quantitative estimate of drug-likeness (QED) is 0.264. The highest BCUT2D eigenvalue weighted by molar-refractivity contribution is 6.09. The molecule has 0 atom stereocenters. The first-order chi connectivity index (χ1) is 16.4. The molecule has 0 bridgehead atoms. The Bertz CT molecular complexity index is 1270. The van der Waals surface area contributed by atoms with E-state index in [4.69, 9.17) is 9.47 Å². The van der Waals surface area contributed by atoms with Crippen LogP contribution in [0, 0.1) is 17.1 Å². The van der Waals surface area contributed by atoms with Gasteiger partial charge in [-0.05, 0) is 60.2 Å². The zero-order chi connectivity index (χ0) is 24.5. The van der Waals surface area contributed by atoms with Gasteiger partial charge in [0, 0.05) is 5.69 Å². The number of aromatic hydroxyl groups is 1. The zero-order valence-corrected chi connectivity index (χ0v) is 18.0. The molecule has 8 nitrogen and oxygen atoms in total. The minimum atomic E-state index is -0.628. The first kappa shape index (κ1) is 23.8. The number of phenols is 1. The number of anilines is 2. The van der Waals surface area contributed by atoms with Crippen LogP contribution in [-0.2, 0) is 9.59 Å². The van der Waals surface area contributed by atoms with Crippen LogP contribution in [0.4, 0.5) is 15.8 Å². The SMILES string of the molecule is COc1cc(/C=C(\C#N)C(=O)Nc2ccc(O)cc2)ccc1OCC(=O)Nc1ccccc1F. The van der Waals surface area contributed by atoms with Crippen molar-refractivity contribution in [3.8, 4) is 23.3 Å². The number of nitrogens with zero attached hydrogens (tertiary/aromatic N) is 1. The number of nitrogens with one attached hydrogen (secondary N) is 2. The van der Waals surface area contributed by atoms with Crippen molar-refractivity contribution in [2.24, 2.45) is 0 Å². The predicted molar refractivity (Wildman–Crippen MR) is 124 cm³/mol. The number of hydrogen-bond acceptors (Lipinski definition) is 6. The van der Waals surface area contributed by atoms with Crippen molar-refractivity contribution >= 4 is 29.3 Å². The number of halogens is 1. The van der Waals surface area contributed by atoms with Crippen molar-refractivity contribution in [3.63, 3.8) is 0 Å². The van der Waals surface area contributed by atoms with Crippen LogP contribution in [0.1, 0.15) is 5.56 Å². The minimum Gasteiger partial charge on any atom is -0.508 e. The summed E-state index contributed by atoms with van der Waals surface area (Å²) < 4.78 is 24.4. The second-order valence-corrected chi connectivity index (χ2v) is 6.90. The molecule has 3 rings (SSSR count). The summed E-state index contributed by atoms with van der Waals surface area (Å²) in [4.78, 5) is 24.5. The molecular formula is C25H20FN3O5. The van der Waals surface area contributed by atoms with Crippen LogP contribution in [0.15, 0.2) is 72.3 Å². The van der Waals surface area contributed by atoms with E-state index >= 15 is 0 Å². The van der Waals surface area contributed by atoms with Gasteiger partial charge in [-0.3, -0.25) is 9.59 Å². The molecule has 0 saturated carbocycles. The summed E-state index contributed by atoms with van der Waals surface area (Å²) in [7, 11) is 1.40. The highest BCUT2D eigenvalue weighted by Gasteiger charge is 2.13. The first-order valence-corrected chi connectivity index (χ1v) is 9.97. The highest BCUT2D eigenvalue weighted by Crippen LogP contribution is 2.29. The second kappa shape index (κ2) is 11.2. The van der Waals surface area contributed by atoms with Gasteiger partial charge in [0.15, 0.2) is 18.1 Å². The molecule has 3 aromatic carbocycles. The lowest BCUT2D eigenvalue weighted by molar-refractivity contribution is -0.118. The van der Waals surface area contributed by atoms with Gasteiger partial charge in [-0.15, -0.1) is 0 Å². The minimum absolute atomic E-state index is 0.0400. The maximum atomic E-state index is 13.7. The summed E-state index contributed by atoms with van der Waals surface area (Å²) >= 11 is 0. The third-order valence-corrected chi connectivity index (χ3v) is 4.50. The topological polar surface area (TPSA) is 121 Å². The largest absolute Gasteiger partial charge is 0.508 e. The Morgan fingerprint density at radius 1 is 1.06 bits per heavy atom. The van der Waals surface area contributed by atoms with E-state index in [0.29, 0.717) is 11.3 Å². The number of nitriles is 1. The second-order valence-electron chi connectivity index (χ2n) is 6.90. The number of carbonyl (C=O) groups is 2. The van der Waals surface area contributed by atoms with E-state index in [9.17, 15) is 24.3 Å². The molecule has 0 aliphatic heterocycles. The van der Waals surface area contributed by atoms with E-state index in [1.165, 1.54) is 67.8 Å². The van der Waals surface area contributed by atoms with Crippen LogP contribution in [0.25, 0.3) is 6.08 Å². The average molecular weight is 461 g/mol. The van der Waals surface area contributed by atoms with Crippen molar-refractivity contribution in [1.82, 2.24) is 0 Å². The standard InChI is InChI=1S/C25H20FN3O5/c1-33-23-13-16(12-17(14-27)25(32)28-18-7-9-19(30)10-8-18)6-11-22(23)34-15-24(31)29-21-5-3-2-4-20(21)26/h2-13,30H,15H2,1H3,(H,28,32)(H,29,31)/b17-12+. The number of phenolic OH excluding ortho intramolecular Hbond substituents is 1. The summed E-state index contributed by atoms with van der Waals surface area (Å²) in [5, 5.41) is 23.7. The van der Waals surface area contributed by atoms with Crippen molar-refractivity contribution in [2.75, 3.05) is 24.4 Å². The fraction of sp³-hybridized carbons (Fsp3) is 0.0800. The molecule has 0 aliphatic carbocycles. The first-order valence-electron chi connectivity index (χ1n) is 9.97. The molecule has 9 heteroatoms. The lowest BCUT2D eigenvalue weighted by Crippen LogP contribution is -2.20. The van der Waals surface area contributed by atoms with E-state index in [1.54, 1.807) is 12.1 Å². The number of hydrogen-bond donors (Lipinski definition) is 3. The molecule has 0 radical (unpaired) electrons. The van der Waals surface area contributed by atoms with E-state index < -0.39 is 24.2 Å². The fourth-order valence-electron chi connectivity index (χ4n) is 2.84. The highest BCUT2D eigenvalue weighted by atomic mass is 19.1. The number of carbonyl (C=O) groups excluding carboxylic acids is 2. The van der Waals surface area contributed by atoms with E-state index in [1.807, 2.05) is 6.07 Å². The van der Waals surface area contributed by atoms with Crippen LogP contribution >= 0.6 is 0 Å². The predicted octanol–water partition coefficient (Wildman–Crippen LogP) is 4.10. The Morgan fingerprint density at radius 2 is 1.79 bits per heavy atom. The maximum absolute atomic E-state index is 13.7. The number of rotatable bonds is 8. The molecule has 172 valence electrons. The lowest BCUT2D eigenvalue weighted by Gasteiger charge is -2.12. The van der Waals surface area contributed by atoms with Gasteiger partial charge in [0.05, 0.1) is 12.8 Å². The van der Waals surface area contributed by atoms with Gasteiger partial charge >= 0.3 is 0 Å². The van der Waals surface area contributed by atoms with Gasteiger partial charge in [-0.25, -0.2) is 4.39 Å². The van der Waals surface area contributed by atoms with Gasteiger partial charge in [0.2, 0.25) is 0 Å². The Kier molecular flexibility index (Phi) is 7.81. The molecule has 0 aliphatic rings. The Labute approximate surface area is 194 Å². The molecule has 34 heavy (non-hydrogen) atoms. The number of amides is 2. The van der Waals surface area contributed by atoms with E-state index in [0.717, 1.165) is 0 Å². The Hall–Kier alpha value is -4.84. The number of para-hydroxylation sites is 1. The van der Waals surface area contributed by atoms with Crippen molar-refractivity contribution in [3.05, 3.63) is 83.7 Å². The lowest BCUT2D eigenvalue weighted by atomic mass is 10.1. The molecule has 0 fully saturated rings. The smallest absolute Gasteiger partial charge is 0.266 e. The normalized spacial score (nSPS) is 10.7. The maximum Gasteiger partial charge on any atom is 0.266 e. The molecule has 0 spiro atoms. The Balaban J connectivity index is 1.68. The molecule has 0 aromatic heterocycles. The van der Waals surface area contributed by atoms with Gasteiger partial charge in [0.25, 0.3) is 11.8 Å². The van der Waals surface area contributed by atoms with Crippen molar-refractivity contribution in [2.45, 2.75) is 0 Å². The number of benzene rings is 3. The van der Waals surface area contributed by atoms with Gasteiger partial charge in [-0.2, -0.15) is 5.26 Å². The van der Waals surface area contributed by atoms with Gasteiger partial charge in [-0.1, -0.05) is 18.2 Å². The molecule has 2 amide bonds. The summed E-state index contributed by atoms with van der Waals surface area (Å²) in [6, 6.07) is 18.1. The summed E-state index contributed by atoms with van der Waals surface area (Å²) in [5.74, 6) is -1.19. The zero-order valence-electron chi connectivity index (χ0n) is 18.0. The number of methoxy groups -OCH3 is 1. The van der Waals surface area contributed by atoms with E-state index in [-0.39, 0.29) is 28.5 Å². The Morgan fingerprint density at radius 3 is 2.47 bits per heavy atom. The summed E-state index contributed by atoms with van der Waals surface area (Å²) in [5.41, 5.74) is 0.780. The monoisotopic (exact) mass is 461 g/mol. The third-order valence-electron chi connectivity index (χ3n) is 4.50. The van der Waals surface area contributed by atoms with Crippen LogP contribution < -0.4 is 20.1 Å². The van der Waals surface area contributed by atoms with Crippen molar-refractivity contribution < 1.29 is 28.6 Å². The van der Waals surface area contributed by atoms with Gasteiger partial charge < -0.3 is 25.2 Å². The summed E-state index contributed by atoms with van der Waals surface area (Å²) in [6.45, 7) is -0.391. The van der Waals surface area contributed by atoms with Crippen molar-refractivity contribution in [1.29, 1.82) is 5.26 Å².